The fraction of sp³-hybridized carbons (Fsp3) is 1.00. The summed E-state index contributed by atoms with van der Waals surface area (Å²) in [5.41, 5.74) is 0. The maximum atomic E-state index is 6.12. The Morgan fingerprint density at radius 3 is 2.55 bits per heavy atom. The van der Waals surface area contributed by atoms with Gasteiger partial charge in [-0.1, -0.05) is 12.8 Å². The summed E-state index contributed by atoms with van der Waals surface area (Å²) in [7, 11) is 0. The SMILES string of the molecule is ClN1CCCC2CCCCC21. The molecule has 1 aliphatic heterocycles. The fourth-order valence-electron chi connectivity index (χ4n) is 2.56. The van der Waals surface area contributed by atoms with Crippen molar-refractivity contribution in [3.05, 3.63) is 0 Å². The highest BCUT2D eigenvalue weighted by molar-refractivity contribution is 6.13. The Morgan fingerprint density at radius 1 is 1.00 bits per heavy atom. The summed E-state index contributed by atoms with van der Waals surface area (Å²) in [5.74, 6) is 0.926. The van der Waals surface area contributed by atoms with E-state index in [-0.39, 0.29) is 0 Å². The molecule has 1 saturated heterocycles. The Labute approximate surface area is 73.8 Å². The highest BCUT2D eigenvalue weighted by Crippen LogP contribution is 2.35. The summed E-state index contributed by atoms with van der Waals surface area (Å²) in [4.78, 5) is 0. The van der Waals surface area contributed by atoms with Gasteiger partial charge in [-0.15, -0.1) is 0 Å². The Hall–Kier alpha value is 0.250. The maximum absolute atomic E-state index is 6.12. The number of halogens is 1. The molecule has 1 heterocycles. The predicted octanol–water partition coefficient (Wildman–Crippen LogP) is 2.79. The molecule has 11 heavy (non-hydrogen) atoms. The normalized spacial score (nSPS) is 40.1. The fourth-order valence-corrected chi connectivity index (χ4v) is 2.94. The Bertz CT molecular complexity index is 136. The Morgan fingerprint density at radius 2 is 1.73 bits per heavy atom. The summed E-state index contributed by atoms with van der Waals surface area (Å²) in [6.45, 7) is 1.11. The van der Waals surface area contributed by atoms with Gasteiger partial charge in [0.05, 0.1) is 0 Å². The van der Waals surface area contributed by atoms with E-state index < -0.39 is 0 Å². The van der Waals surface area contributed by atoms with Gasteiger partial charge in [0, 0.05) is 12.6 Å². The minimum Gasteiger partial charge on any atom is -0.217 e. The molecule has 0 N–H and O–H groups in total. The summed E-state index contributed by atoms with van der Waals surface area (Å²) in [5, 5.41) is 0. The van der Waals surface area contributed by atoms with Crippen LogP contribution in [0.5, 0.6) is 0 Å². The van der Waals surface area contributed by atoms with Gasteiger partial charge in [-0.2, -0.15) is 0 Å². The average molecular weight is 174 g/mol. The van der Waals surface area contributed by atoms with Crippen LogP contribution < -0.4 is 0 Å². The molecule has 0 spiro atoms. The Balaban J connectivity index is 1.99. The lowest BCUT2D eigenvalue weighted by Gasteiger charge is -2.40. The lowest BCUT2D eigenvalue weighted by molar-refractivity contribution is 0.132. The van der Waals surface area contributed by atoms with Crippen LogP contribution in [0.25, 0.3) is 0 Å². The van der Waals surface area contributed by atoms with Crippen molar-refractivity contribution in [1.29, 1.82) is 0 Å². The smallest absolute Gasteiger partial charge is 0.0279 e. The first-order valence-electron chi connectivity index (χ1n) is 4.80. The van der Waals surface area contributed by atoms with Gasteiger partial charge < -0.3 is 0 Å². The predicted molar refractivity (Wildman–Crippen MR) is 47.5 cm³/mol. The van der Waals surface area contributed by atoms with Crippen LogP contribution in [-0.4, -0.2) is 17.0 Å². The molecule has 1 saturated carbocycles. The second-order valence-electron chi connectivity index (χ2n) is 3.88. The van der Waals surface area contributed by atoms with E-state index in [0.717, 1.165) is 18.5 Å². The highest BCUT2D eigenvalue weighted by atomic mass is 35.5. The van der Waals surface area contributed by atoms with E-state index in [2.05, 4.69) is 4.42 Å². The van der Waals surface area contributed by atoms with Crippen molar-refractivity contribution in [2.24, 2.45) is 5.92 Å². The van der Waals surface area contributed by atoms with Crippen LogP contribution in [-0.2, 0) is 0 Å². The van der Waals surface area contributed by atoms with E-state index >= 15 is 0 Å². The third kappa shape index (κ3) is 1.54. The number of hydrogen-bond donors (Lipinski definition) is 0. The van der Waals surface area contributed by atoms with E-state index in [4.69, 9.17) is 11.8 Å². The zero-order valence-corrected chi connectivity index (χ0v) is 7.69. The van der Waals surface area contributed by atoms with Crippen molar-refractivity contribution in [1.82, 2.24) is 4.42 Å². The van der Waals surface area contributed by atoms with Gasteiger partial charge in [-0.25, -0.2) is 4.42 Å². The zero-order valence-electron chi connectivity index (χ0n) is 6.93. The first kappa shape index (κ1) is 7.88. The molecule has 2 unspecified atom stereocenters. The van der Waals surface area contributed by atoms with Crippen molar-refractivity contribution in [3.63, 3.8) is 0 Å². The standard InChI is InChI=1S/C9H16ClN/c10-11-7-3-5-8-4-1-2-6-9(8)11/h8-9H,1-7H2. The molecule has 1 aliphatic carbocycles. The second-order valence-corrected chi connectivity index (χ2v) is 4.31. The molecule has 0 amide bonds. The molecule has 0 aromatic heterocycles. The molecular formula is C9H16ClN. The van der Waals surface area contributed by atoms with E-state index in [1.807, 2.05) is 0 Å². The molecule has 0 aromatic rings. The van der Waals surface area contributed by atoms with Crippen LogP contribution in [0.15, 0.2) is 0 Å². The lowest BCUT2D eigenvalue weighted by atomic mass is 9.79. The van der Waals surface area contributed by atoms with Crippen LogP contribution in [0, 0.1) is 5.92 Å². The third-order valence-electron chi connectivity index (χ3n) is 3.18. The molecule has 64 valence electrons. The molecule has 2 aliphatic rings. The minimum absolute atomic E-state index is 0.721. The maximum Gasteiger partial charge on any atom is 0.0279 e. The van der Waals surface area contributed by atoms with Gasteiger partial charge in [0.15, 0.2) is 0 Å². The van der Waals surface area contributed by atoms with Gasteiger partial charge in [-0.05, 0) is 43.4 Å². The zero-order chi connectivity index (χ0) is 7.68. The van der Waals surface area contributed by atoms with Crippen molar-refractivity contribution in [2.75, 3.05) is 6.54 Å². The van der Waals surface area contributed by atoms with Gasteiger partial charge >= 0.3 is 0 Å². The summed E-state index contributed by atoms with van der Waals surface area (Å²) in [6.07, 6.45) is 8.33. The highest BCUT2D eigenvalue weighted by Gasteiger charge is 2.32. The molecule has 2 fully saturated rings. The van der Waals surface area contributed by atoms with Crippen LogP contribution >= 0.6 is 11.8 Å². The molecular weight excluding hydrogens is 158 g/mol. The molecule has 0 bridgehead atoms. The molecule has 2 heteroatoms. The van der Waals surface area contributed by atoms with Crippen molar-refractivity contribution in [2.45, 2.75) is 44.6 Å². The second kappa shape index (κ2) is 3.32. The third-order valence-corrected chi connectivity index (χ3v) is 3.60. The van der Waals surface area contributed by atoms with Crippen LogP contribution in [0.4, 0.5) is 0 Å². The monoisotopic (exact) mass is 173 g/mol. The van der Waals surface area contributed by atoms with E-state index in [1.165, 1.54) is 38.5 Å². The number of hydrogen-bond acceptors (Lipinski definition) is 1. The quantitative estimate of drug-likeness (QED) is 0.510. The van der Waals surface area contributed by atoms with Gasteiger partial charge in [-0.3, -0.25) is 0 Å². The van der Waals surface area contributed by atoms with E-state index in [0.29, 0.717) is 0 Å². The minimum atomic E-state index is 0.721. The summed E-state index contributed by atoms with van der Waals surface area (Å²) >= 11 is 6.12. The molecule has 2 atom stereocenters. The molecule has 1 nitrogen and oxygen atoms in total. The first-order chi connectivity index (χ1) is 5.38. The van der Waals surface area contributed by atoms with Crippen LogP contribution in [0.3, 0.4) is 0 Å². The van der Waals surface area contributed by atoms with Crippen LogP contribution in [0.2, 0.25) is 0 Å². The van der Waals surface area contributed by atoms with Crippen molar-refractivity contribution in [3.8, 4) is 0 Å². The number of piperidine rings is 1. The lowest BCUT2D eigenvalue weighted by Crippen LogP contribution is -2.41. The number of nitrogens with zero attached hydrogens (tertiary/aromatic N) is 1. The van der Waals surface area contributed by atoms with Crippen molar-refractivity contribution < 1.29 is 0 Å². The largest absolute Gasteiger partial charge is 0.217 e. The first-order valence-corrected chi connectivity index (χ1v) is 5.14. The van der Waals surface area contributed by atoms with Crippen molar-refractivity contribution >= 4 is 11.8 Å². The topological polar surface area (TPSA) is 3.24 Å². The van der Waals surface area contributed by atoms with E-state index in [1.54, 1.807) is 0 Å². The molecule has 0 radical (unpaired) electrons. The van der Waals surface area contributed by atoms with Gasteiger partial charge in [0.2, 0.25) is 0 Å². The Kier molecular flexibility index (Phi) is 2.38. The van der Waals surface area contributed by atoms with E-state index in [9.17, 15) is 0 Å². The van der Waals surface area contributed by atoms with Crippen LogP contribution in [0.1, 0.15) is 38.5 Å². The summed E-state index contributed by atoms with van der Waals surface area (Å²) < 4.78 is 2.06. The number of fused-ring (bicyclic) bond motifs is 1. The molecule has 0 aromatic carbocycles. The van der Waals surface area contributed by atoms with Gasteiger partial charge in [0.1, 0.15) is 0 Å². The average Bonchev–Trinajstić information content (AvgIpc) is 2.06. The number of rotatable bonds is 0. The summed E-state index contributed by atoms with van der Waals surface area (Å²) in [6, 6.07) is 0.721. The molecule has 2 rings (SSSR count). The van der Waals surface area contributed by atoms with Gasteiger partial charge in [0.25, 0.3) is 0 Å².